The monoisotopic (exact) mass is 306 g/mol. The Morgan fingerprint density at radius 1 is 1.53 bits per heavy atom. The van der Waals surface area contributed by atoms with Crippen LogP contribution in [0.15, 0.2) is 9.59 Å². The fourth-order valence-electron chi connectivity index (χ4n) is 1.54. The maximum absolute atomic E-state index is 12.1. The van der Waals surface area contributed by atoms with E-state index in [0.717, 1.165) is 11.3 Å². The maximum Gasteiger partial charge on any atom is 0.254 e. The van der Waals surface area contributed by atoms with Crippen LogP contribution in [0.25, 0.3) is 0 Å². The molecule has 0 aliphatic carbocycles. The summed E-state index contributed by atoms with van der Waals surface area (Å²) in [5, 5.41) is 6.61. The molecule has 1 aromatic heterocycles. The minimum absolute atomic E-state index is 0.0362. The number of sulfonamides is 1. The molecule has 0 saturated carbocycles. The van der Waals surface area contributed by atoms with Gasteiger partial charge in [-0.3, -0.25) is 4.79 Å². The second kappa shape index (κ2) is 6.47. The van der Waals surface area contributed by atoms with Crippen LogP contribution in [0.4, 0.5) is 0 Å². The Morgan fingerprint density at radius 2 is 2.16 bits per heavy atom. The molecule has 0 unspecified atom stereocenters. The molecule has 0 saturated heterocycles. The van der Waals surface area contributed by atoms with Gasteiger partial charge in [0.15, 0.2) is 0 Å². The molecule has 1 heterocycles. The highest BCUT2D eigenvalue weighted by Crippen LogP contribution is 2.26. The summed E-state index contributed by atoms with van der Waals surface area (Å²) >= 11 is 0.965. The molecule has 8 heteroatoms. The molecule has 2 N–H and O–H groups in total. The van der Waals surface area contributed by atoms with Gasteiger partial charge in [0.05, 0.1) is 12.2 Å². The van der Waals surface area contributed by atoms with Crippen molar-refractivity contribution in [2.24, 2.45) is 5.14 Å². The number of carbonyl (C=O) groups excluding carboxylic acids is 1. The standard InChI is InChI=1S/C11H18N2O4S2/c1-4-17-6-5-13(3)10(14)9-7-18-11(8(9)2)19(12,15)16/h7H,4-6H2,1-3H3,(H2,12,15,16). The Hall–Kier alpha value is -0.960. The molecular formula is C11H18N2O4S2. The maximum atomic E-state index is 12.1. The van der Waals surface area contributed by atoms with Gasteiger partial charge < -0.3 is 9.64 Å². The summed E-state index contributed by atoms with van der Waals surface area (Å²) in [7, 11) is -2.12. The van der Waals surface area contributed by atoms with Gasteiger partial charge in [0.25, 0.3) is 5.91 Å². The molecule has 1 aromatic rings. The highest BCUT2D eigenvalue weighted by molar-refractivity contribution is 7.91. The molecule has 0 atom stereocenters. The van der Waals surface area contributed by atoms with E-state index in [4.69, 9.17) is 9.88 Å². The summed E-state index contributed by atoms with van der Waals surface area (Å²) in [6, 6.07) is 0. The van der Waals surface area contributed by atoms with E-state index in [9.17, 15) is 13.2 Å². The van der Waals surface area contributed by atoms with Gasteiger partial charge in [-0.2, -0.15) is 0 Å². The molecule has 0 aromatic carbocycles. The number of primary sulfonamides is 1. The Kier molecular flexibility index (Phi) is 5.48. The highest BCUT2D eigenvalue weighted by atomic mass is 32.2. The van der Waals surface area contributed by atoms with Crippen molar-refractivity contribution in [2.75, 3.05) is 26.8 Å². The lowest BCUT2D eigenvalue weighted by Crippen LogP contribution is -2.30. The van der Waals surface area contributed by atoms with E-state index in [0.29, 0.717) is 30.9 Å². The van der Waals surface area contributed by atoms with Crippen LogP contribution in [-0.4, -0.2) is 46.0 Å². The average Bonchev–Trinajstić information content (AvgIpc) is 2.70. The molecule has 0 radical (unpaired) electrons. The van der Waals surface area contributed by atoms with Gasteiger partial charge in [0.1, 0.15) is 4.21 Å². The summed E-state index contributed by atoms with van der Waals surface area (Å²) in [5.41, 5.74) is 0.772. The third-order valence-corrected chi connectivity index (χ3v) is 5.29. The van der Waals surface area contributed by atoms with E-state index in [1.807, 2.05) is 6.92 Å². The van der Waals surface area contributed by atoms with Gasteiger partial charge in [0, 0.05) is 25.6 Å². The van der Waals surface area contributed by atoms with Crippen LogP contribution < -0.4 is 5.14 Å². The first-order valence-electron chi connectivity index (χ1n) is 5.73. The van der Waals surface area contributed by atoms with Crippen LogP contribution in [0, 0.1) is 6.92 Å². The number of hydrogen-bond acceptors (Lipinski definition) is 5. The third kappa shape index (κ3) is 4.00. The van der Waals surface area contributed by atoms with Gasteiger partial charge >= 0.3 is 0 Å². The first-order valence-corrected chi connectivity index (χ1v) is 8.15. The first-order chi connectivity index (χ1) is 8.79. The Balaban J connectivity index is 2.87. The van der Waals surface area contributed by atoms with Crippen molar-refractivity contribution in [1.29, 1.82) is 0 Å². The largest absolute Gasteiger partial charge is 0.380 e. The first kappa shape index (κ1) is 16.1. The molecule has 1 rings (SSSR count). The molecule has 0 spiro atoms. The van der Waals surface area contributed by atoms with E-state index in [1.54, 1.807) is 14.0 Å². The molecule has 1 amide bonds. The Labute approximate surface area is 117 Å². The highest BCUT2D eigenvalue weighted by Gasteiger charge is 2.22. The average molecular weight is 306 g/mol. The van der Waals surface area contributed by atoms with Crippen LogP contribution in [0.1, 0.15) is 22.8 Å². The third-order valence-electron chi connectivity index (χ3n) is 2.60. The van der Waals surface area contributed by atoms with Gasteiger partial charge in [-0.1, -0.05) is 0 Å². The fourth-order valence-corrected chi connectivity index (χ4v) is 3.55. The van der Waals surface area contributed by atoms with Crippen molar-refractivity contribution in [1.82, 2.24) is 4.90 Å². The number of nitrogens with zero attached hydrogens (tertiary/aromatic N) is 1. The summed E-state index contributed by atoms with van der Waals surface area (Å²) < 4.78 is 27.8. The zero-order valence-electron chi connectivity index (χ0n) is 11.2. The Morgan fingerprint density at radius 3 is 2.63 bits per heavy atom. The van der Waals surface area contributed by atoms with Crippen molar-refractivity contribution in [3.05, 3.63) is 16.5 Å². The topological polar surface area (TPSA) is 89.7 Å². The molecule has 0 fully saturated rings. The van der Waals surface area contributed by atoms with Crippen LogP contribution in [0.2, 0.25) is 0 Å². The van der Waals surface area contributed by atoms with E-state index in [2.05, 4.69) is 0 Å². The quantitative estimate of drug-likeness (QED) is 0.788. The number of amides is 1. The second-order valence-corrected chi connectivity index (χ2v) is 6.67. The van der Waals surface area contributed by atoms with Gasteiger partial charge in [0.2, 0.25) is 10.0 Å². The summed E-state index contributed by atoms with van der Waals surface area (Å²) in [5.74, 6) is -0.233. The van der Waals surface area contributed by atoms with Gasteiger partial charge in [-0.05, 0) is 19.4 Å². The predicted molar refractivity (Wildman–Crippen MR) is 73.9 cm³/mol. The number of carbonyl (C=O) groups is 1. The van der Waals surface area contributed by atoms with Crippen molar-refractivity contribution < 1.29 is 17.9 Å². The van der Waals surface area contributed by atoms with Crippen molar-refractivity contribution in [3.63, 3.8) is 0 Å². The van der Waals surface area contributed by atoms with Crippen LogP contribution in [-0.2, 0) is 14.8 Å². The minimum atomic E-state index is -3.77. The van der Waals surface area contributed by atoms with E-state index in [1.165, 1.54) is 10.3 Å². The number of hydrogen-bond donors (Lipinski definition) is 1. The van der Waals surface area contributed by atoms with E-state index < -0.39 is 10.0 Å². The second-order valence-electron chi connectivity index (χ2n) is 4.03. The van der Waals surface area contributed by atoms with Gasteiger partial charge in [-0.25, -0.2) is 13.6 Å². The lowest BCUT2D eigenvalue weighted by molar-refractivity contribution is 0.0709. The Bertz CT molecular complexity index is 551. The fraction of sp³-hybridized carbons (Fsp3) is 0.545. The summed E-state index contributed by atoms with van der Waals surface area (Å²) in [6.07, 6.45) is 0. The van der Waals surface area contributed by atoms with Crippen molar-refractivity contribution >= 4 is 27.3 Å². The van der Waals surface area contributed by atoms with Gasteiger partial charge in [-0.15, -0.1) is 11.3 Å². The van der Waals surface area contributed by atoms with Crippen molar-refractivity contribution in [3.8, 4) is 0 Å². The zero-order chi connectivity index (χ0) is 14.6. The molecule has 0 bridgehead atoms. The van der Waals surface area contributed by atoms with E-state index in [-0.39, 0.29) is 10.1 Å². The normalized spacial score (nSPS) is 11.6. The number of thiophene rings is 1. The number of likely N-dealkylation sites (N-methyl/N-ethyl adjacent to an activating group) is 1. The molecule has 19 heavy (non-hydrogen) atoms. The molecular weight excluding hydrogens is 288 g/mol. The molecule has 6 nitrogen and oxygen atoms in total. The van der Waals surface area contributed by atoms with Crippen LogP contribution in [0.3, 0.4) is 0 Å². The summed E-state index contributed by atoms with van der Waals surface area (Å²) in [4.78, 5) is 13.6. The minimum Gasteiger partial charge on any atom is -0.380 e. The van der Waals surface area contributed by atoms with Crippen LogP contribution >= 0.6 is 11.3 Å². The lowest BCUT2D eigenvalue weighted by atomic mass is 10.2. The summed E-state index contributed by atoms with van der Waals surface area (Å²) in [6.45, 7) is 4.95. The SMILES string of the molecule is CCOCCN(C)C(=O)c1csc(S(N)(=O)=O)c1C. The molecule has 0 aliphatic heterocycles. The number of rotatable bonds is 6. The molecule has 108 valence electrons. The van der Waals surface area contributed by atoms with Crippen LogP contribution in [0.5, 0.6) is 0 Å². The number of nitrogens with two attached hydrogens (primary N) is 1. The predicted octanol–water partition coefficient (Wildman–Crippen LogP) is 0.812. The lowest BCUT2D eigenvalue weighted by Gasteiger charge is -2.16. The zero-order valence-corrected chi connectivity index (χ0v) is 12.8. The van der Waals surface area contributed by atoms with Crippen molar-refractivity contribution in [2.45, 2.75) is 18.1 Å². The smallest absolute Gasteiger partial charge is 0.254 e. The van der Waals surface area contributed by atoms with E-state index >= 15 is 0 Å². The molecule has 0 aliphatic rings. The number of ether oxygens (including phenoxy) is 1.